The van der Waals surface area contributed by atoms with Crippen molar-refractivity contribution in [3.05, 3.63) is 47.0 Å². The van der Waals surface area contributed by atoms with E-state index in [2.05, 4.69) is 6.58 Å². The van der Waals surface area contributed by atoms with Gasteiger partial charge in [0.15, 0.2) is 0 Å². The zero-order chi connectivity index (χ0) is 9.84. The summed E-state index contributed by atoms with van der Waals surface area (Å²) >= 11 is 6.05. The van der Waals surface area contributed by atoms with Crippen LogP contribution in [0.1, 0.15) is 23.6 Å². The first kappa shape index (κ1) is 10.3. The third-order valence-electron chi connectivity index (χ3n) is 2.06. The molecule has 1 aromatic rings. The van der Waals surface area contributed by atoms with Crippen LogP contribution in [0.5, 0.6) is 0 Å². The maximum absolute atomic E-state index is 6.05. The molecule has 0 aliphatic heterocycles. The van der Waals surface area contributed by atoms with Crippen molar-refractivity contribution in [2.75, 3.05) is 0 Å². The quantitative estimate of drug-likeness (QED) is 0.737. The molecule has 1 atom stereocenters. The van der Waals surface area contributed by atoms with Crippen molar-refractivity contribution in [3.8, 4) is 0 Å². The molecule has 0 saturated heterocycles. The van der Waals surface area contributed by atoms with Gasteiger partial charge in [0.1, 0.15) is 0 Å². The minimum absolute atomic E-state index is 0.0359. The summed E-state index contributed by atoms with van der Waals surface area (Å²) in [5.74, 6) is 0. The van der Waals surface area contributed by atoms with E-state index in [1.54, 1.807) is 0 Å². The normalized spacial score (nSPS) is 12.5. The molecule has 0 bridgehead atoms. The van der Waals surface area contributed by atoms with E-state index in [-0.39, 0.29) is 6.04 Å². The molecule has 1 aromatic carbocycles. The van der Waals surface area contributed by atoms with Crippen molar-refractivity contribution < 1.29 is 0 Å². The predicted molar refractivity (Wildman–Crippen MR) is 57.9 cm³/mol. The van der Waals surface area contributed by atoms with Crippen molar-refractivity contribution in [1.29, 1.82) is 0 Å². The standard InChI is InChI=1S/C11H14ClN/c1-3-5-10(13)11-8(2)6-4-7-9(11)12/h3-4,6-7,10H,1,5,13H2,2H3/t10-/m1/s1. The predicted octanol–water partition coefficient (Wildman–Crippen LogP) is 3.22. The molecule has 0 amide bonds. The molecule has 2 N–H and O–H groups in total. The molecule has 0 spiro atoms. The van der Waals surface area contributed by atoms with Gasteiger partial charge in [-0.1, -0.05) is 29.8 Å². The molecule has 2 heteroatoms. The van der Waals surface area contributed by atoms with E-state index in [9.17, 15) is 0 Å². The lowest BCUT2D eigenvalue weighted by Gasteiger charge is -2.14. The fourth-order valence-corrected chi connectivity index (χ4v) is 1.77. The van der Waals surface area contributed by atoms with Crippen LogP contribution in [0.15, 0.2) is 30.9 Å². The highest BCUT2D eigenvalue weighted by Crippen LogP contribution is 2.26. The van der Waals surface area contributed by atoms with Gasteiger partial charge >= 0.3 is 0 Å². The van der Waals surface area contributed by atoms with Gasteiger partial charge in [-0.25, -0.2) is 0 Å². The summed E-state index contributed by atoms with van der Waals surface area (Å²) < 4.78 is 0. The second kappa shape index (κ2) is 4.45. The highest BCUT2D eigenvalue weighted by molar-refractivity contribution is 6.31. The van der Waals surface area contributed by atoms with E-state index in [4.69, 9.17) is 17.3 Å². The van der Waals surface area contributed by atoms with E-state index >= 15 is 0 Å². The van der Waals surface area contributed by atoms with Gasteiger partial charge in [-0.3, -0.25) is 0 Å². The Hall–Kier alpha value is -0.790. The SMILES string of the molecule is C=CC[C@@H](N)c1c(C)cccc1Cl. The Kier molecular flexibility index (Phi) is 3.52. The average Bonchev–Trinajstić information content (AvgIpc) is 2.04. The monoisotopic (exact) mass is 195 g/mol. The lowest BCUT2D eigenvalue weighted by Crippen LogP contribution is -2.11. The van der Waals surface area contributed by atoms with Gasteiger partial charge in [-0.15, -0.1) is 6.58 Å². The third kappa shape index (κ3) is 2.33. The molecule has 0 unspecified atom stereocenters. The molecular weight excluding hydrogens is 182 g/mol. The smallest absolute Gasteiger partial charge is 0.0456 e. The maximum Gasteiger partial charge on any atom is 0.0456 e. The van der Waals surface area contributed by atoms with Crippen LogP contribution in [-0.2, 0) is 0 Å². The summed E-state index contributed by atoms with van der Waals surface area (Å²) in [6.07, 6.45) is 2.57. The second-order valence-corrected chi connectivity index (χ2v) is 3.51. The fourth-order valence-electron chi connectivity index (χ4n) is 1.41. The maximum atomic E-state index is 6.05. The molecule has 0 radical (unpaired) electrons. The van der Waals surface area contributed by atoms with Crippen LogP contribution in [0.25, 0.3) is 0 Å². The van der Waals surface area contributed by atoms with Gasteiger partial charge in [-0.2, -0.15) is 0 Å². The van der Waals surface area contributed by atoms with Crippen LogP contribution in [0.4, 0.5) is 0 Å². The number of hydrogen-bond donors (Lipinski definition) is 1. The molecule has 1 nitrogen and oxygen atoms in total. The molecule has 1 rings (SSSR count). The summed E-state index contributed by atoms with van der Waals surface area (Å²) in [4.78, 5) is 0. The van der Waals surface area contributed by atoms with Gasteiger partial charge in [0.05, 0.1) is 0 Å². The molecule has 0 aromatic heterocycles. The Morgan fingerprint density at radius 1 is 1.62 bits per heavy atom. The second-order valence-electron chi connectivity index (χ2n) is 3.10. The van der Waals surface area contributed by atoms with Crippen LogP contribution < -0.4 is 5.73 Å². The van der Waals surface area contributed by atoms with Crippen molar-refractivity contribution in [2.45, 2.75) is 19.4 Å². The van der Waals surface area contributed by atoms with Crippen LogP contribution in [0.3, 0.4) is 0 Å². The van der Waals surface area contributed by atoms with Crippen LogP contribution in [0.2, 0.25) is 5.02 Å². The highest BCUT2D eigenvalue weighted by atomic mass is 35.5. The highest BCUT2D eigenvalue weighted by Gasteiger charge is 2.10. The van der Waals surface area contributed by atoms with Crippen LogP contribution in [-0.4, -0.2) is 0 Å². The fraction of sp³-hybridized carbons (Fsp3) is 0.273. The number of nitrogens with two attached hydrogens (primary N) is 1. The molecule has 0 aliphatic rings. The summed E-state index contributed by atoms with van der Waals surface area (Å²) in [5.41, 5.74) is 8.12. The minimum atomic E-state index is -0.0359. The number of hydrogen-bond acceptors (Lipinski definition) is 1. The molecule has 0 heterocycles. The van der Waals surface area contributed by atoms with Gasteiger partial charge in [0, 0.05) is 11.1 Å². The Balaban J connectivity index is 3.04. The first-order valence-corrected chi connectivity index (χ1v) is 4.66. The van der Waals surface area contributed by atoms with Crippen molar-refractivity contribution >= 4 is 11.6 Å². The van der Waals surface area contributed by atoms with Gasteiger partial charge in [0.2, 0.25) is 0 Å². The Morgan fingerprint density at radius 2 is 2.31 bits per heavy atom. The van der Waals surface area contributed by atoms with Gasteiger partial charge < -0.3 is 5.73 Å². The first-order chi connectivity index (χ1) is 6.16. The summed E-state index contributed by atoms with van der Waals surface area (Å²) in [7, 11) is 0. The van der Waals surface area contributed by atoms with E-state index in [1.807, 2.05) is 31.2 Å². The van der Waals surface area contributed by atoms with E-state index < -0.39 is 0 Å². The van der Waals surface area contributed by atoms with Crippen molar-refractivity contribution in [2.24, 2.45) is 5.73 Å². The van der Waals surface area contributed by atoms with E-state index in [0.29, 0.717) is 0 Å². The zero-order valence-electron chi connectivity index (χ0n) is 7.76. The first-order valence-electron chi connectivity index (χ1n) is 4.28. The summed E-state index contributed by atoms with van der Waals surface area (Å²) in [6.45, 7) is 5.68. The Labute approximate surface area is 84.2 Å². The van der Waals surface area contributed by atoms with Crippen molar-refractivity contribution in [1.82, 2.24) is 0 Å². The Morgan fingerprint density at radius 3 is 2.85 bits per heavy atom. The lowest BCUT2D eigenvalue weighted by atomic mass is 9.99. The van der Waals surface area contributed by atoms with Crippen LogP contribution in [0, 0.1) is 6.92 Å². The average molecular weight is 196 g/mol. The largest absolute Gasteiger partial charge is 0.324 e. The molecule has 0 fully saturated rings. The van der Waals surface area contributed by atoms with Gasteiger partial charge in [0.25, 0.3) is 0 Å². The zero-order valence-corrected chi connectivity index (χ0v) is 8.51. The lowest BCUT2D eigenvalue weighted by molar-refractivity contribution is 0.736. The van der Waals surface area contributed by atoms with Crippen molar-refractivity contribution in [3.63, 3.8) is 0 Å². The minimum Gasteiger partial charge on any atom is -0.324 e. The van der Waals surface area contributed by atoms with Gasteiger partial charge in [-0.05, 0) is 30.5 Å². The molecule has 13 heavy (non-hydrogen) atoms. The number of rotatable bonds is 3. The molecule has 0 saturated carbocycles. The summed E-state index contributed by atoms with van der Waals surface area (Å²) in [5, 5.41) is 0.745. The van der Waals surface area contributed by atoms with Crippen LogP contribution >= 0.6 is 11.6 Å². The topological polar surface area (TPSA) is 26.0 Å². The number of benzene rings is 1. The third-order valence-corrected chi connectivity index (χ3v) is 2.39. The number of aryl methyl sites for hydroxylation is 1. The molecule has 70 valence electrons. The Bertz CT molecular complexity index is 287. The molecular formula is C11H14ClN. The summed E-state index contributed by atoms with van der Waals surface area (Å²) in [6, 6.07) is 5.78. The molecule has 0 aliphatic carbocycles. The van der Waals surface area contributed by atoms with E-state index in [1.165, 1.54) is 0 Å². The number of halogens is 1. The van der Waals surface area contributed by atoms with E-state index in [0.717, 1.165) is 22.6 Å².